The predicted molar refractivity (Wildman–Crippen MR) is 99.5 cm³/mol. The van der Waals surface area contributed by atoms with E-state index < -0.39 is 10.2 Å². The van der Waals surface area contributed by atoms with E-state index in [1.807, 2.05) is 42.5 Å². The van der Waals surface area contributed by atoms with Crippen LogP contribution in [0.5, 0.6) is 0 Å². The third-order valence-electron chi connectivity index (χ3n) is 3.64. The van der Waals surface area contributed by atoms with Crippen LogP contribution < -0.4 is 15.2 Å². The number of anilines is 2. The molecule has 3 aromatic rings. The van der Waals surface area contributed by atoms with Crippen molar-refractivity contribution in [3.05, 3.63) is 72.3 Å². The lowest BCUT2D eigenvalue weighted by Crippen LogP contribution is -2.21. The van der Waals surface area contributed by atoms with E-state index in [1.165, 1.54) is 6.07 Å². The fraction of sp³-hybridized carbons (Fsp3) is 0.0556. The fourth-order valence-corrected chi connectivity index (χ4v) is 3.11. The van der Waals surface area contributed by atoms with Gasteiger partial charge in [0.1, 0.15) is 0 Å². The van der Waals surface area contributed by atoms with Crippen LogP contribution in [-0.2, 0) is 21.4 Å². The van der Waals surface area contributed by atoms with Gasteiger partial charge in [0.05, 0.1) is 12.1 Å². The summed E-state index contributed by atoms with van der Waals surface area (Å²) < 4.78 is 24.3. The maximum atomic E-state index is 12.3. The van der Waals surface area contributed by atoms with Crippen LogP contribution in [0.25, 0.3) is 10.8 Å². The summed E-state index contributed by atoms with van der Waals surface area (Å²) in [6, 6.07) is 20.1. The number of carbonyl (C=O) groups excluding carboxylic acids is 1. The molecule has 0 saturated carbocycles. The number of nitrogens with one attached hydrogen (secondary N) is 2. The molecule has 0 spiro atoms. The van der Waals surface area contributed by atoms with Gasteiger partial charge in [-0.3, -0.25) is 9.52 Å². The maximum absolute atomic E-state index is 12.3. The van der Waals surface area contributed by atoms with Crippen LogP contribution in [0.1, 0.15) is 5.56 Å². The molecule has 7 heteroatoms. The smallest absolute Gasteiger partial charge is 0.296 e. The monoisotopic (exact) mass is 355 g/mol. The van der Waals surface area contributed by atoms with E-state index in [2.05, 4.69) is 10.0 Å². The topological polar surface area (TPSA) is 101 Å². The van der Waals surface area contributed by atoms with Crippen LogP contribution in [0.2, 0.25) is 0 Å². The summed E-state index contributed by atoms with van der Waals surface area (Å²) in [7, 11) is -3.86. The van der Waals surface area contributed by atoms with Gasteiger partial charge in [-0.1, -0.05) is 48.5 Å². The van der Waals surface area contributed by atoms with Gasteiger partial charge in [-0.25, -0.2) is 5.14 Å². The van der Waals surface area contributed by atoms with Crippen LogP contribution in [-0.4, -0.2) is 14.3 Å². The van der Waals surface area contributed by atoms with Crippen molar-refractivity contribution >= 4 is 38.3 Å². The van der Waals surface area contributed by atoms with Gasteiger partial charge in [0.2, 0.25) is 5.91 Å². The van der Waals surface area contributed by atoms with Gasteiger partial charge in [-0.2, -0.15) is 8.42 Å². The van der Waals surface area contributed by atoms with Crippen molar-refractivity contribution in [2.45, 2.75) is 6.42 Å². The summed E-state index contributed by atoms with van der Waals surface area (Å²) in [5.41, 5.74) is 1.69. The molecule has 0 radical (unpaired) electrons. The van der Waals surface area contributed by atoms with E-state index in [9.17, 15) is 13.2 Å². The molecule has 3 aromatic carbocycles. The Morgan fingerprint density at radius 3 is 2.40 bits per heavy atom. The van der Waals surface area contributed by atoms with Gasteiger partial charge in [0.15, 0.2) is 0 Å². The first-order chi connectivity index (χ1) is 11.9. The lowest BCUT2D eigenvalue weighted by atomic mass is 10.0. The predicted octanol–water partition coefficient (Wildman–Crippen LogP) is 2.64. The van der Waals surface area contributed by atoms with E-state index in [0.717, 1.165) is 16.3 Å². The van der Waals surface area contributed by atoms with Gasteiger partial charge in [0.25, 0.3) is 10.2 Å². The van der Waals surface area contributed by atoms with Crippen molar-refractivity contribution in [1.29, 1.82) is 0 Å². The van der Waals surface area contributed by atoms with E-state index in [0.29, 0.717) is 5.69 Å². The van der Waals surface area contributed by atoms with Crippen LogP contribution >= 0.6 is 0 Å². The Kier molecular flexibility index (Phi) is 4.69. The average Bonchev–Trinajstić information content (AvgIpc) is 2.54. The molecule has 25 heavy (non-hydrogen) atoms. The summed E-state index contributed by atoms with van der Waals surface area (Å²) in [6.07, 6.45) is 0.216. The molecule has 0 heterocycles. The number of fused-ring (bicyclic) bond motifs is 1. The first-order valence-corrected chi connectivity index (χ1v) is 9.12. The number of carbonyl (C=O) groups is 1. The number of rotatable bonds is 5. The SMILES string of the molecule is NS(=O)(=O)Nc1cccc(NC(=O)Cc2cccc3ccccc23)c1. The second-order valence-corrected chi connectivity index (χ2v) is 6.89. The highest BCUT2D eigenvalue weighted by Gasteiger charge is 2.08. The van der Waals surface area contributed by atoms with E-state index in [-0.39, 0.29) is 18.0 Å². The molecule has 6 nitrogen and oxygen atoms in total. The molecule has 0 aromatic heterocycles. The zero-order valence-corrected chi connectivity index (χ0v) is 14.1. The van der Waals surface area contributed by atoms with Crippen molar-refractivity contribution in [2.75, 3.05) is 10.0 Å². The van der Waals surface area contributed by atoms with Crippen molar-refractivity contribution in [1.82, 2.24) is 0 Å². The minimum Gasteiger partial charge on any atom is -0.326 e. The summed E-state index contributed by atoms with van der Waals surface area (Å²) in [5.74, 6) is -0.191. The molecule has 0 aliphatic rings. The molecular formula is C18H17N3O3S. The van der Waals surface area contributed by atoms with Gasteiger partial charge in [-0.15, -0.1) is 0 Å². The highest BCUT2D eigenvalue weighted by molar-refractivity contribution is 7.90. The van der Waals surface area contributed by atoms with Crippen molar-refractivity contribution in [3.63, 3.8) is 0 Å². The summed E-state index contributed by atoms with van der Waals surface area (Å²) in [5, 5.41) is 9.82. The molecule has 0 bridgehead atoms. The Morgan fingerprint density at radius 2 is 1.60 bits per heavy atom. The van der Waals surface area contributed by atoms with Crippen LogP contribution in [0.3, 0.4) is 0 Å². The number of amides is 1. The zero-order valence-electron chi connectivity index (χ0n) is 13.3. The van der Waals surface area contributed by atoms with Crippen LogP contribution in [0.4, 0.5) is 11.4 Å². The van der Waals surface area contributed by atoms with Gasteiger partial charge in [0, 0.05) is 5.69 Å². The van der Waals surface area contributed by atoms with E-state index >= 15 is 0 Å². The average molecular weight is 355 g/mol. The van der Waals surface area contributed by atoms with Crippen molar-refractivity contribution < 1.29 is 13.2 Å². The molecule has 0 aliphatic carbocycles. The molecule has 0 saturated heterocycles. The highest BCUT2D eigenvalue weighted by Crippen LogP contribution is 2.20. The quantitative estimate of drug-likeness (QED) is 0.656. The van der Waals surface area contributed by atoms with Crippen molar-refractivity contribution in [3.8, 4) is 0 Å². The third kappa shape index (κ3) is 4.56. The number of hydrogen-bond acceptors (Lipinski definition) is 3. The zero-order chi connectivity index (χ0) is 17.9. The summed E-state index contributed by atoms with van der Waals surface area (Å²) >= 11 is 0. The minimum absolute atomic E-state index is 0.191. The number of hydrogen-bond donors (Lipinski definition) is 3. The Bertz CT molecular complexity index is 1030. The highest BCUT2D eigenvalue weighted by atomic mass is 32.2. The standard InChI is InChI=1S/C18H17N3O3S/c19-25(23,24)21-16-9-4-8-15(12-16)20-18(22)11-14-7-3-6-13-5-1-2-10-17(13)14/h1-10,12,21H,11H2,(H,20,22)(H2,19,23,24). The second-order valence-electron chi connectivity index (χ2n) is 5.59. The van der Waals surface area contributed by atoms with E-state index in [1.54, 1.807) is 18.2 Å². The Labute approximate surface area is 145 Å². The number of benzene rings is 3. The molecule has 1 amide bonds. The molecule has 128 valence electrons. The molecule has 4 N–H and O–H groups in total. The summed E-state index contributed by atoms with van der Waals surface area (Å²) in [4.78, 5) is 12.3. The van der Waals surface area contributed by atoms with Gasteiger partial charge in [-0.05, 0) is 34.5 Å². The first kappa shape index (κ1) is 16.9. The third-order valence-corrected chi connectivity index (χ3v) is 4.16. The van der Waals surface area contributed by atoms with Crippen molar-refractivity contribution in [2.24, 2.45) is 5.14 Å². The molecule has 3 rings (SSSR count). The fourth-order valence-electron chi connectivity index (χ4n) is 2.65. The second kappa shape index (κ2) is 6.92. The summed E-state index contributed by atoms with van der Waals surface area (Å²) in [6.45, 7) is 0. The lowest BCUT2D eigenvalue weighted by Gasteiger charge is -2.09. The van der Waals surface area contributed by atoms with Gasteiger partial charge < -0.3 is 5.32 Å². The Hall–Kier alpha value is -2.90. The Morgan fingerprint density at radius 1 is 0.920 bits per heavy atom. The number of nitrogens with two attached hydrogens (primary N) is 1. The molecule has 0 aliphatic heterocycles. The normalized spacial score (nSPS) is 11.2. The van der Waals surface area contributed by atoms with E-state index in [4.69, 9.17) is 5.14 Å². The lowest BCUT2D eigenvalue weighted by molar-refractivity contribution is -0.115. The van der Waals surface area contributed by atoms with Crippen LogP contribution in [0.15, 0.2) is 66.7 Å². The minimum atomic E-state index is -3.86. The molecule has 0 unspecified atom stereocenters. The molecule has 0 fully saturated rings. The van der Waals surface area contributed by atoms with Crippen LogP contribution in [0, 0.1) is 0 Å². The largest absolute Gasteiger partial charge is 0.326 e. The Balaban J connectivity index is 1.75. The molecular weight excluding hydrogens is 338 g/mol. The van der Waals surface area contributed by atoms with Gasteiger partial charge >= 0.3 is 0 Å². The maximum Gasteiger partial charge on any atom is 0.296 e. The molecule has 0 atom stereocenters. The first-order valence-electron chi connectivity index (χ1n) is 7.58.